The molecule has 0 bridgehead atoms. The van der Waals surface area contributed by atoms with Crippen LogP contribution in [0.1, 0.15) is 17.3 Å². The predicted molar refractivity (Wildman–Crippen MR) is 65.1 cm³/mol. The van der Waals surface area contributed by atoms with Crippen molar-refractivity contribution in [1.29, 1.82) is 0 Å². The molecule has 92 valence electrons. The number of morpholine rings is 1. The number of pyridine rings is 1. The highest BCUT2D eigenvalue weighted by atomic mass is 16.5. The van der Waals surface area contributed by atoms with Crippen molar-refractivity contribution < 1.29 is 9.53 Å². The van der Waals surface area contributed by atoms with Crippen LogP contribution in [0.15, 0.2) is 18.3 Å². The third-order valence-electron chi connectivity index (χ3n) is 2.90. The summed E-state index contributed by atoms with van der Waals surface area (Å²) in [6.07, 6.45) is 1.67. The lowest BCUT2D eigenvalue weighted by atomic mass is 10.1. The molecule has 0 aromatic carbocycles. The highest BCUT2D eigenvalue weighted by Crippen LogP contribution is 2.17. The van der Waals surface area contributed by atoms with Crippen LogP contribution >= 0.6 is 0 Å². The summed E-state index contributed by atoms with van der Waals surface area (Å²) < 4.78 is 5.33. The van der Waals surface area contributed by atoms with Gasteiger partial charge in [-0.25, -0.2) is 4.98 Å². The molecule has 0 radical (unpaired) electrons. The molecule has 1 aromatic heterocycles. The van der Waals surface area contributed by atoms with Gasteiger partial charge in [0, 0.05) is 19.8 Å². The number of nitrogens with zero attached hydrogens (tertiary/aromatic N) is 2. The molecule has 5 heteroatoms. The lowest BCUT2D eigenvalue weighted by molar-refractivity contribution is 0.00363. The number of rotatable bonds is 2. The molecule has 1 amide bonds. The molecule has 1 saturated heterocycles. The standard InChI is InChI=1S/C12H17N3O2/c1-9-8-17-7-6-15(9)12(16)10-4-3-5-14-11(10)13-2/h3-5,9H,6-8H2,1-2H3,(H,13,14). The van der Waals surface area contributed by atoms with E-state index >= 15 is 0 Å². The van der Waals surface area contributed by atoms with Gasteiger partial charge in [-0.2, -0.15) is 0 Å². The monoisotopic (exact) mass is 235 g/mol. The number of carbonyl (C=O) groups is 1. The van der Waals surface area contributed by atoms with Gasteiger partial charge in [-0.05, 0) is 19.1 Å². The number of amides is 1. The molecule has 1 fully saturated rings. The van der Waals surface area contributed by atoms with Crippen molar-refractivity contribution in [2.24, 2.45) is 0 Å². The second-order valence-corrected chi connectivity index (χ2v) is 4.07. The van der Waals surface area contributed by atoms with Crippen LogP contribution < -0.4 is 5.32 Å². The molecule has 0 spiro atoms. The van der Waals surface area contributed by atoms with Gasteiger partial charge in [-0.1, -0.05) is 0 Å². The number of aromatic nitrogens is 1. The Morgan fingerprint density at radius 3 is 3.18 bits per heavy atom. The van der Waals surface area contributed by atoms with Gasteiger partial charge in [0.2, 0.25) is 0 Å². The quantitative estimate of drug-likeness (QED) is 0.830. The Bertz CT molecular complexity index is 408. The van der Waals surface area contributed by atoms with Gasteiger partial charge in [0.15, 0.2) is 0 Å². The zero-order chi connectivity index (χ0) is 12.3. The van der Waals surface area contributed by atoms with E-state index in [0.717, 1.165) is 0 Å². The minimum atomic E-state index is 0.0123. The Hall–Kier alpha value is -1.62. The maximum atomic E-state index is 12.4. The van der Waals surface area contributed by atoms with Gasteiger partial charge in [0.05, 0.1) is 24.8 Å². The van der Waals surface area contributed by atoms with Crippen LogP contribution in [0.5, 0.6) is 0 Å². The number of hydrogen-bond acceptors (Lipinski definition) is 4. The maximum Gasteiger partial charge on any atom is 0.258 e. The number of nitrogens with one attached hydrogen (secondary N) is 1. The van der Waals surface area contributed by atoms with Crippen LogP contribution in [0.3, 0.4) is 0 Å². The molecule has 0 saturated carbocycles. The summed E-state index contributed by atoms with van der Waals surface area (Å²) in [6, 6.07) is 3.68. The SMILES string of the molecule is CNc1ncccc1C(=O)N1CCOCC1C. The lowest BCUT2D eigenvalue weighted by Gasteiger charge is -2.33. The van der Waals surface area contributed by atoms with Gasteiger partial charge in [0.25, 0.3) is 5.91 Å². The largest absolute Gasteiger partial charge is 0.377 e. The zero-order valence-electron chi connectivity index (χ0n) is 10.1. The molecule has 0 aliphatic carbocycles. The van der Waals surface area contributed by atoms with Gasteiger partial charge >= 0.3 is 0 Å². The van der Waals surface area contributed by atoms with Crippen molar-refractivity contribution >= 4 is 11.7 Å². The molecule has 1 aliphatic rings. The van der Waals surface area contributed by atoms with E-state index in [0.29, 0.717) is 31.1 Å². The molecule has 1 unspecified atom stereocenters. The first-order valence-electron chi connectivity index (χ1n) is 5.75. The van der Waals surface area contributed by atoms with Crippen molar-refractivity contribution in [3.8, 4) is 0 Å². The fourth-order valence-electron chi connectivity index (χ4n) is 1.96. The van der Waals surface area contributed by atoms with E-state index in [4.69, 9.17) is 4.74 Å². The first-order chi connectivity index (χ1) is 8.24. The molecule has 1 atom stereocenters. The van der Waals surface area contributed by atoms with E-state index in [-0.39, 0.29) is 11.9 Å². The Morgan fingerprint density at radius 2 is 2.47 bits per heavy atom. The number of ether oxygens (including phenoxy) is 1. The van der Waals surface area contributed by atoms with Crippen molar-refractivity contribution in [1.82, 2.24) is 9.88 Å². The topological polar surface area (TPSA) is 54.5 Å². The van der Waals surface area contributed by atoms with E-state index in [1.807, 2.05) is 11.8 Å². The van der Waals surface area contributed by atoms with Crippen LogP contribution in [-0.4, -0.2) is 48.6 Å². The molecule has 1 aliphatic heterocycles. The molecular weight excluding hydrogens is 218 g/mol. The van der Waals surface area contributed by atoms with Gasteiger partial charge in [-0.3, -0.25) is 4.79 Å². The summed E-state index contributed by atoms with van der Waals surface area (Å²) in [6.45, 7) is 3.83. The smallest absolute Gasteiger partial charge is 0.258 e. The molecule has 2 heterocycles. The summed E-state index contributed by atoms with van der Waals surface area (Å²) in [7, 11) is 1.77. The second kappa shape index (κ2) is 5.14. The third-order valence-corrected chi connectivity index (χ3v) is 2.90. The number of anilines is 1. The summed E-state index contributed by atoms with van der Waals surface area (Å²) in [5, 5.41) is 2.94. The molecular formula is C12H17N3O2. The van der Waals surface area contributed by atoms with Crippen LogP contribution in [0.25, 0.3) is 0 Å². The van der Waals surface area contributed by atoms with E-state index < -0.39 is 0 Å². The number of carbonyl (C=O) groups excluding carboxylic acids is 1. The summed E-state index contributed by atoms with van der Waals surface area (Å²) in [4.78, 5) is 18.4. The van der Waals surface area contributed by atoms with Crippen LogP contribution in [0.2, 0.25) is 0 Å². The first-order valence-corrected chi connectivity index (χ1v) is 5.75. The summed E-state index contributed by atoms with van der Waals surface area (Å²) >= 11 is 0. The normalized spacial score (nSPS) is 20.1. The van der Waals surface area contributed by atoms with Crippen LogP contribution in [0.4, 0.5) is 5.82 Å². The summed E-state index contributed by atoms with van der Waals surface area (Å²) in [5.74, 6) is 0.634. The van der Waals surface area contributed by atoms with Gasteiger partial charge < -0.3 is 15.0 Å². The minimum Gasteiger partial charge on any atom is -0.377 e. The Kier molecular flexibility index (Phi) is 3.58. The highest BCUT2D eigenvalue weighted by molar-refractivity contribution is 5.98. The summed E-state index contributed by atoms with van der Waals surface area (Å²) in [5.41, 5.74) is 0.615. The molecule has 5 nitrogen and oxygen atoms in total. The van der Waals surface area contributed by atoms with E-state index in [2.05, 4.69) is 10.3 Å². The van der Waals surface area contributed by atoms with E-state index in [1.54, 1.807) is 25.4 Å². The Labute approximate surface area is 101 Å². The van der Waals surface area contributed by atoms with Crippen molar-refractivity contribution in [2.75, 3.05) is 32.1 Å². The molecule has 1 aromatic rings. The predicted octanol–water partition coefficient (Wildman–Crippen LogP) is 0.984. The maximum absolute atomic E-state index is 12.4. The fraction of sp³-hybridized carbons (Fsp3) is 0.500. The molecule has 1 N–H and O–H groups in total. The fourth-order valence-corrected chi connectivity index (χ4v) is 1.96. The first kappa shape index (κ1) is 11.9. The zero-order valence-corrected chi connectivity index (χ0v) is 10.1. The number of hydrogen-bond donors (Lipinski definition) is 1. The Morgan fingerprint density at radius 1 is 1.65 bits per heavy atom. The highest BCUT2D eigenvalue weighted by Gasteiger charge is 2.26. The molecule has 17 heavy (non-hydrogen) atoms. The van der Waals surface area contributed by atoms with Gasteiger partial charge in [-0.15, -0.1) is 0 Å². The Balaban J connectivity index is 2.23. The average Bonchev–Trinajstić information content (AvgIpc) is 2.38. The van der Waals surface area contributed by atoms with Crippen molar-refractivity contribution in [2.45, 2.75) is 13.0 Å². The van der Waals surface area contributed by atoms with Crippen LogP contribution in [0, 0.1) is 0 Å². The average molecular weight is 235 g/mol. The third kappa shape index (κ3) is 2.39. The van der Waals surface area contributed by atoms with Crippen molar-refractivity contribution in [3.63, 3.8) is 0 Å². The minimum absolute atomic E-state index is 0.0123. The van der Waals surface area contributed by atoms with Crippen LogP contribution in [-0.2, 0) is 4.74 Å². The van der Waals surface area contributed by atoms with Gasteiger partial charge in [0.1, 0.15) is 5.82 Å². The lowest BCUT2D eigenvalue weighted by Crippen LogP contribution is -2.47. The second-order valence-electron chi connectivity index (χ2n) is 4.07. The van der Waals surface area contributed by atoms with E-state index in [9.17, 15) is 4.79 Å². The van der Waals surface area contributed by atoms with E-state index in [1.165, 1.54) is 0 Å². The van der Waals surface area contributed by atoms with Crippen molar-refractivity contribution in [3.05, 3.63) is 23.9 Å². The molecule has 2 rings (SSSR count).